The fourth-order valence-electron chi connectivity index (χ4n) is 2.15. The van der Waals surface area contributed by atoms with E-state index in [1.807, 2.05) is 0 Å². The number of aromatic carboxylic acids is 1. The van der Waals surface area contributed by atoms with Crippen LogP contribution in [0, 0.1) is 0 Å². The molecule has 1 heterocycles. The number of hydrogen-bond donors (Lipinski definition) is 0. The summed E-state index contributed by atoms with van der Waals surface area (Å²) in [6.45, 7) is 0. The molecule has 0 unspecified atom stereocenters. The van der Waals surface area contributed by atoms with Crippen molar-refractivity contribution in [2.45, 2.75) is 0 Å². The van der Waals surface area contributed by atoms with Gasteiger partial charge in [-0.15, -0.1) is 0 Å². The number of para-hydroxylation sites is 1. The summed E-state index contributed by atoms with van der Waals surface area (Å²) in [6.07, 6.45) is 0. The van der Waals surface area contributed by atoms with Gasteiger partial charge < -0.3 is 9.90 Å². The second-order valence-electron chi connectivity index (χ2n) is 4.49. The summed E-state index contributed by atoms with van der Waals surface area (Å²) < 4.78 is 0. The Labute approximate surface area is 179 Å². The van der Waals surface area contributed by atoms with E-state index < -0.39 is 5.97 Å². The minimum absolute atomic E-state index is 0. The summed E-state index contributed by atoms with van der Waals surface area (Å²) in [5, 5.41) is 12.7. The molecule has 3 rings (SSSR count). The van der Waals surface area contributed by atoms with Crippen LogP contribution >= 0.6 is 23.2 Å². The van der Waals surface area contributed by atoms with Crippen molar-refractivity contribution >= 4 is 40.1 Å². The number of carboxylic acid groups (broad SMARTS) is 1. The van der Waals surface area contributed by atoms with Gasteiger partial charge >= 0.3 is 51.4 Å². The van der Waals surface area contributed by atoms with E-state index in [-0.39, 0.29) is 56.9 Å². The molecular weight excluding hydrogens is 348 g/mol. The fourth-order valence-corrected chi connectivity index (χ4v) is 2.45. The van der Waals surface area contributed by atoms with Crippen molar-refractivity contribution in [3.8, 4) is 11.3 Å². The largest absolute Gasteiger partial charge is 1.00 e. The number of halogens is 2. The van der Waals surface area contributed by atoms with Crippen molar-refractivity contribution < 1.29 is 61.3 Å². The van der Waals surface area contributed by atoms with E-state index in [0.717, 1.165) is 0 Å². The van der Waals surface area contributed by atoms with Crippen molar-refractivity contribution in [1.29, 1.82) is 0 Å². The van der Waals surface area contributed by atoms with Crippen LogP contribution in [0.15, 0.2) is 48.5 Å². The Morgan fingerprint density at radius 2 is 1.73 bits per heavy atom. The normalized spacial score (nSPS) is 10.3. The maximum absolute atomic E-state index is 11.3. The molecule has 3 aromatic rings. The molecule has 0 N–H and O–H groups in total. The molecule has 2 aromatic carbocycles. The first-order chi connectivity index (χ1) is 10.1. The second-order valence-corrected chi connectivity index (χ2v) is 5.30. The van der Waals surface area contributed by atoms with Crippen molar-refractivity contribution in [2.75, 3.05) is 0 Å². The number of fused-ring (bicyclic) bond motifs is 1. The van der Waals surface area contributed by atoms with E-state index >= 15 is 0 Å². The molecule has 0 radical (unpaired) electrons. The van der Waals surface area contributed by atoms with Crippen LogP contribution < -0.4 is 56.5 Å². The van der Waals surface area contributed by atoms with Crippen molar-refractivity contribution in [3.05, 3.63) is 64.1 Å². The number of carbonyl (C=O) groups is 1. The fraction of sp³-hybridized carbons (Fsp3) is 0. The van der Waals surface area contributed by atoms with Gasteiger partial charge in [-0.1, -0.05) is 47.5 Å². The van der Waals surface area contributed by atoms with Gasteiger partial charge in [-0.3, -0.25) is 0 Å². The Balaban J connectivity index is 0.00000176. The molecule has 0 aliphatic rings. The average Bonchev–Trinajstić information content (AvgIpc) is 2.48. The first-order valence-corrected chi connectivity index (χ1v) is 6.88. The maximum atomic E-state index is 11.3. The third-order valence-electron chi connectivity index (χ3n) is 3.15. The second kappa shape index (κ2) is 7.40. The van der Waals surface area contributed by atoms with Crippen LogP contribution in [0.4, 0.5) is 0 Å². The third-order valence-corrected chi connectivity index (χ3v) is 3.89. The van der Waals surface area contributed by atoms with Gasteiger partial charge in [0.15, 0.2) is 0 Å². The van der Waals surface area contributed by atoms with Gasteiger partial charge in [0.1, 0.15) is 0 Å². The number of carboxylic acids is 1. The van der Waals surface area contributed by atoms with Crippen LogP contribution in [0.2, 0.25) is 10.0 Å². The summed E-state index contributed by atoms with van der Waals surface area (Å²) in [6, 6.07) is 13.5. The zero-order chi connectivity index (χ0) is 15.0. The van der Waals surface area contributed by atoms with Gasteiger partial charge in [-0.25, -0.2) is 4.98 Å². The Hall–Kier alpha value is -0.464. The van der Waals surface area contributed by atoms with E-state index in [1.54, 1.807) is 42.5 Å². The standard InChI is InChI=1S/C16H9Cl2NO2.K/c17-12-6-5-9(7-13(12)18)15-8-11(16(20)21)10-3-1-2-4-14(10)19-15;/h1-8H,(H,20,21);/q;+1/p-1. The monoisotopic (exact) mass is 355 g/mol. The first-order valence-electron chi connectivity index (χ1n) is 6.13. The molecule has 0 atom stereocenters. The van der Waals surface area contributed by atoms with Crippen molar-refractivity contribution in [1.82, 2.24) is 4.98 Å². The molecule has 1 aromatic heterocycles. The quantitative estimate of drug-likeness (QED) is 0.631. The Morgan fingerprint density at radius 1 is 1.00 bits per heavy atom. The van der Waals surface area contributed by atoms with Gasteiger partial charge in [0.2, 0.25) is 0 Å². The van der Waals surface area contributed by atoms with Crippen molar-refractivity contribution in [3.63, 3.8) is 0 Å². The SMILES string of the molecule is O=C([O-])c1cc(-c2ccc(Cl)c(Cl)c2)nc2ccccc12.[K+]. The van der Waals surface area contributed by atoms with Crippen LogP contribution in [0.5, 0.6) is 0 Å². The van der Waals surface area contributed by atoms with Gasteiger partial charge in [-0.05, 0) is 24.3 Å². The molecule has 0 amide bonds. The smallest absolute Gasteiger partial charge is 0.545 e. The minimum atomic E-state index is -1.24. The summed E-state index contributed by atoms with van der Waals surface area (Å²) in [5.74, 6) is -1.24. The maximum Gasteiger partial charge on any atom is 1.00 e. The summed E-state index contributed by atoms with van der Waals surface area (Å²) in [7, 11) is 0. The number of pyridine rings is 1. The van der Waals surface area contributed by atoms with E-state index in [1.165, 1.54) is 6.07 Å². The Morgan fingerprint density at radius 3 is 2.41 bits per heavy atom. The topological polar surface area (TPSA) is 53.0 Å². The van der Waals surface area contributed by atoms with Crippen LogP contribution in [0.3, 0.4) is 0 Å². The van der Waals surface area contributed by atoms with Gasteiger partial charge in [0.05, 0.1) is 27.2 Å². The molecule has 3 nitrogen and oxygen atoms in total. The molecule has 0 aliphatic heterocycles. The molecule has 0 bridgehead atoms. The van der Waals surface area contributed by atoms with Crippen LogP contribution in [0.25, 0.3) is 22.2 Å². The van der Waals surface area contributed by atoms with Gasteiger partial charge in [0.25, 0.3) is 0 Å². The molecular formula is C16H8Cl2KNO2. The molecule has 22 heavy (non-hydrogen) atoms. The minimum Gasteiger partial charge on any atom is -0.545 e. The van der Waals surface area contributed by atoms with E-state index in [9.17, 15) is 9.90 Å². The van der Waals surface area contributed by atoms with Gasteiger partial charge in [0, 0.05) is 16.5 Å². The summed E-state index contributed by atoms with van der Waals surface area (Å²) >= 11 is 11.9. The summed E-state index contributed by atoms with van der Waals surface area (Å²) in [4.78, 5) is 15.8. The van der Waals surface area contributed by atoms with Crippen LogP contribution in [0.1, 0.15) is 10.4 Å². The third kappa shape index (κ3) is 3.54. The molecule has 0 saturated carbocycles. The number of carbonyl (C=O) groups excluding carboxylic acids is 1. The Kier molecular flexibility index (Phi) is 6.02. The number of aromatic nitrogens is 1. The molecule has 0 fully saturated rings. The molecule has 0 spiro atoms. The molecule has 104 valence electrons. The first kappa shape index (κ1) is 17.9. The van der Waals surface area contributed by atoms with Crippen molar-refractivity contribution in [2.24, 2.45) is 0 Å². The predicted octanol–water partition coefficient (Wildman–Crippen LogP) is 0.576. The van der Waals surface area contributed by atoms with E-state index in [4.69, 9.17) is 23.2 Å². The average molecular weight is 356 g/mol. The summed E-state index contributed by atoms with van der Waals surface area (Å²) in [5.41, 5.74) is 1.88. The zero-order valence-corrected chi connectivity index (χ0v) is 16.3. The zero-order valence-electron chi connectivity index (χ0n) is 11.6. The van der Waals surface area contributed by atoms with Crippen LogP contribution in [-0.4, -0.2) is 11.0 Å². The van der Waals surface area contributed by atoms with Gasteiger partial charge in [-0.2, -0.15) is 0 Å². The molecule has 0 saturated heterocycles. The number of hydrogen-bond acceptors (Lipinski definition) is 3. The van der Waals surface area contributed by atoms with E-state index in [2.05, 4.69) is 4.98 Å². The predicted molar refractivity (Wildman–Crippen MR) is 81.5 cm³/mol. The number of nitrogens with zero attached hydrogens (tertiary/aromatic N) is 1. The molecule has 0 aliphatic carbocycles. The molecule has 6 heteroatoms. The number of rotatable bonds is 2. The Bertz CT molecular complexity index is 868. The van der Waals surface area contributed by atoms with E-state index in [0.29, 0.717) is 32.2 Å². The number of benzene rings is 2. The van der Waals surface area contributed by atoms with Crippen LogP contribution in [-0.2, 0) is 0 Å².